The van der Waals surface area contributed by atoms with E-state index in [1.54, 1.807) is 37.3 Å². The molecule has 3 aromatic carbocycles. The number of anilines is 1. The van der Waals surface area contributed by atoms with Gasteiger partial charge in [-0.1, -0.05) is 63.9 Å². The third kappa shape index (κ3) is 3.56. The van der Waals surface area contributed by atoms with Crippen LogP contribution in [0.2, 0.25) is 5.02 Å². The van der Waals surface area contributed by atoms with Gasteiger partial charge in [-0.25, -0.2) is 0 Å². The Morgan fingerprint density at radius 1 is 1.06 bits per heavy atom. The highest BCUT2D eigenvalue weighted by molar-refractivity contribution is 9.10. The van der Waals surface area contributed by atoms with Crippen molar-refractivity contribution < 1.29 is 19.1 Å². The van der Waals surface area contributed by atoms with E-state index in [1.165, 1.54) is 4.90 Å². The second-order valence-electron chi connectivity index (χ2n) is 7.76. The highest BCUT2D eigenvalue weighted by atomic mass is 79.9. The van der Waals surface area contributed by atoms with Crippen LogP contribution >= 0.6 is 27.5 Å². The lowest BCUT2D eigenvalue weighted by Crippen LogP contribution is -2.31. The topological polar surface area (TPSA) is 70.8 Å². The Morgan fingerprint density at radius 2 is 1.82 bits per heavy atom. The number of benzene rings is 3. The predicted molar refractivity (Wildman–Crippen MR) is 131 cm³/mol. The molecule has 1 aromatic heterocycles. The van der Waals surface area contributed by atoms with Crippen LogP contribution in [0.15, 0.2) is 93.0 Å². The number of amides is 1. The largest absolute Gasteiger partial charge is 0.503 e. The van der Waals surface area contributed by atoms with Crippen LogP contribution in [0.4, 0.5) is 5.69 Å². The van der Waals surface area contributed by atoms with Crippen LogP contribution in [0.25, 0.3) is 11.0 Å². The highest BCUT2D eigenvalue weighted by Gasteiger charge is 2.45. The van der Waals surface area contributed by atoms with Crippen molar-refractivity contribution in [2.24, 2.45) is 0 Å². The Morgan fingerprint density at radius 3 is 2.58 bits per heavy atom. The molecule has 0 fully saturated rings. The van der Waals surface area contributed by atoms with E-state index in [4.69, 9.17) is 16.0 Å². The zero-order chi connectivity index (χ0) is 23.3. The number of Topliss-reactive ketones (excluding diaryl/α,β-unsaturated/α-hetero) is 1. The number of furan rings is 1. The minimum absolute atomic E-state index is 0.0382. The molecule has 0 saturated carbocycles. The van der Waals surface area contributed by atoms with Crippen molar-refractivity contribution in [3.63, 3.8) is 0 Å². The lowest BCUT2D eigenvalue weighted by Gasteiger charge is -2.28. The van der Waals surface area contributed by atoms with Gasteiger partial charge < -0.3 is 9.52 Å². The van der Waals surface area contributed by atoms with Crippen molar-refractivity contribution in [1.29, 1.82) is 0 Å². The zero-order valence-corrected chi connectivity index (χ0v) is 19.7. The summed E-state index contributed by atoms with van der Waals surface area (Å²) in [4.78, 5) is 28.4. The molecule has 0 bridgehead atoms. The lowest BCUT2D eigenvalue weighted by atomic mass is 9.94. The number of ketones is 1. The molecule has 1 atom stereocenters. The van der Waals surface area contributed by atoms with E-state index >= 15 is 0 Å². The number of fused-ring (bicyclic) bond motifs is 1. The Labute approximate surface area is 203 Å². The molecule has 7 heteroatoms. The summed E-state index contributed by atoms with van der Waals surface area (Å²) in [5.41, 5.74) is 2.36. The summed E-state index contributed by atoms with van der Waals surface area (Å²) < 4.78 is 6.63. The average Bonchev–Trinajstić information content (AvgIpc) is 3.34. The van der Waals surface area contributed by atoms with Crippen molar-refractivity contribution in [2.75, 3.05) is 4.90 Å². The van der Waals surface area contributed by atoms with Crippen molar-refractivity contribution in [3.05, 3.63) is 111 Å². The summed E-state index contributed by atoms with van der Waals surface area (Å²) in [6, 6.07) is 20.5. The smallest absolute Gasteiger partial charge is 0.294 e. The highest BCUT2D eigenvalue weighted by Crippen LogP contribution is 2.44. The monoisotopic (exact) mass is 521 g/mol. The molecule has 4 aromatic rings. The SMILES string of the molecule is Cc1c(Cl)cccc1N1C(=O)C(O)=C(C(=O)c2cc3cc(Br)ccc3o2)C1c1ccccc1. The molecule has 164 valence electrons. The molecule has 0 saturated heterocycles. The fourth-order valence-electron chi connectivity index (χ4n) is 4.15. The standard InChI is InChI=1S/C26H17BrClNO4/c1-14-18(28)8-5-9-19(14)29-23(15-6-3-2-4-7-15)22(25(31)26(29)32)24(30)21-13-16-12-17(27)10-11-20(16)33-21/h2-13,23,31H,1H3. The van der Waals surface area contributed by atoms with Gasteiger partial charge in [-0.2, -0.15) is 0 Å². The average molecular weight is 523 g/mol. The van der Waals surface area contributed by atoms with E-state index in [0.717, 1.165) is 9.86 Å². The molecule has 1 aliphatic heterocycles. The second-order valence-corrected chi connectivity index (χ2v) is 9.08. The fourth-order valence-corrected chi connectivity index (χ4v) is 4.70. The van der Waals surface area contributed by atoms with Crippen LogP contribution in [-0.4, -0.2) is 16.8 Å². The Bertz CT molecular complexity index is 1460. The number of aliphatic hydroxyl groups excluding tert-OH is 1. The van der Waals surface area contributed by atoms with Gasteiger partial charge in [0.1, 0.15) is 5.58 Å². The van der Waals surface area contributed by atoms with Gasteiger partial charge in [-0.3, -0.25) is 14.5 Å². The molecule has 0 spiro atoms. The van der Waals surface area contributed by atoms with Gasteiger partial charge in [-0.05, 0) is 54.4 Å². The van der Waals surface area contributed by atoms with Crippen LogP contribution in [-0.2, 0) is 4.79 Å². The summed E-state index contributed by atoms with van der Waals surface area (Å²) in [5.74, 6) is -1.78. The number of nitrogens with zero attached hydrogens (tertiary/aromatic N) is 1. The molecular weight excluding hydrogens is 506 g/mol. The van der Waals surface area contributed by atoms with Gasteiger partial charge >= 0.3 is 0 Å². The Balaban J connectivity index is 1.68. The van der Waals surface area contributed by atoms with Crippen LogP contribution in [0.1, 0.15) is 27.7 Å². The zero-order valence-electron chi connectivity index (χ0n) is 17.4. The predicted octanol–water partition coefficient (Wildman–Crippen LogP) is 6.94. The minimum Gasteiger partial charge on any atom is -0.503 e. The molecule has 1 amide bonds. The maximum Gasteiger partial charge on any atom is 0.294 e. The van der Waals surface area contributed by atoms with Gasteiger partial charge in [-0.15, -0.1) is 0 Å². The molecule has 0 aliphatic carbocycles. The molecular formula is C26H17BrClNO4. The number of carbonyl (C=O) groups excluding carboxylic acids is 2. The third-order valence-electron chi connectivity index (χ3n) is 5.77. The first-order valence-corrected chi connectivity index (χ1v) is 11.3. The van der Waals surface area contributed by atoms with Crippen molar-refractivity contribution in [2.45, 2.75) is 13.0 Å². The molecule has 1 unspecified atom stereocenters. The number of carbonyl (C=O) groups is 2. The molecule has 33 heavy (non-hydrogen) atoms. The van der Waals surface area contributed by atoms with E-state index in [0.29, 0.717) is 27.4 Å². The van der Waals surface area contributed by atoms with E-state index in [9.17, 15) is 14.7 Å². The molecule has 1 N–H and O–H groups in total. The van der Waals surface area contributed by atoms with Crippen molar-refractivity contribution in [3.8, 4) is 0 Å². The van der Waals surface area contributed by atoms with Gasteiger partial charge in [0.15, 0.2) is 11.5 Å². The molecule has 5 nitrogen and oxygen atoms in total. The summed E-state index contributed by atoms with van der Waals surface area (Å²) in [6.07, 6.45) is 0. The Kier molecular flexibility index (Phi) is 5.35. The number of hydrogen-bond acceptors (Lipinski definition) is 4. The summed E-state index contributed by atoms with van der Waals surface area (Å²) >= 11 is 9.73. The third-order valence-corrected chi connectivity index (χ3v) is 6.67. The molecule has 2 heterocycles. The van der Waals surface area contributed by atoms with E-state index in [-0.39, 0.29) is 11.3 Å². The van der Waals surface area contributed by atoms with Crippen LogP contribution in [0.3, 0.4) is 0 Å². The molecule has 1 aliphatic rings. The van der Waals surface area contributed by atoms with Gasteiger partial charge in [0.2, 0.25) is 5.78 Å². The molecule has 5 rings (SSSR count). The maximum absolute atomic E-state index is 13.6. The van der Waals surface area contributed by atoms with Gasteiger partial charge in [0, 0.05) is 20.6 Å². The first-order valence-electron chi connectivity index (χ1n) is 10.2. The van der Waals surface area contributed by atoms with Crippen LogP contribution in [0.5, 0.6) is 0 Å². The van der Waals surface area contributed by atoms with Crippen molar-refractivity contribution >= 4 is 55.9 Å². The first-order chi connectivity index (χ1) is 15.9. The second kappa shape index (κ2) is 8.21. The van der Waals surface area contributed by atoms with Crippen LogP contribution in [0, 0.1) is 6.92 Å². The van der Waals surface area contributed by atoms with E-state index in [2.05, 4.69) is 15.9 Å². The molecule has 0 radical (unpaired) electrons. The number of aliphatic hydroxyl groups is 1. The minimum atomic E-state index is -0.844. The Hall–Kier alpha value is -3.35. The quantitative estimate of drug-likeness (QED) is 0.295. The summed E-state index contributed by atoms with van der Waals surface area (Å²) in [7, 11) is 0. The maximum atomic E-state index is 13.6. The van der Waals surface area contributed by atoms with E-state index in [1.807, 2.05) is 42.5 Å². The summed E-state index contributed by atoms with van der Waals surface area (Å²) in [5, 5.41) is 12.1. The normalized spacial score (nSPS) is 16.2. The number of hydrogen-bond donors (Lipinski definition) is 1. The van der Waals surface area contributed by atoms with E-state index < -0.39 is 23.5 Å². The first kappa shape index (κ1) is 21.5. The summed E-state index contributed by atoms with van der Waals surface area (Å²) in [6.45, 7) is 1.79. The number of rotatable bonds is 4. The van der Waals surface area contributed by atoms with Crippen LogP contribution < -0.4 is 4.90 Å². The lowest BCUT2D eigenvalue weighted by molar-refractivity contribution is -0.117. The van der Waals surface area contributed by atoms with Gasteiger partial charge in [0.05, 0.1) is 11.6 Å². The fraction of sp³-hybridized carbons (Fsp3) is 0.0769. The van der Waals surface area contributed by atoms with Crippen molar-refractivity contribution in [1.82, 2.24) is 0 Å². The van der Waals surface area contributed by atoms with Gasteiger partial charge in [0.25, 0.3) is 5.91 Å². The number of halogens is 2.